The molecule has 2 bridgehead atoms. The number of rotatable bonds is 2. The maximum Gasteiger partial charge on any atom is 0.0234 e. The van der Waals surface area contributed by atoms with Crippen LogP contribution in [-0.2, 0) is 0 Å². The molecule has 2 rings (SSSR count). The first-order valence-electron chi connectivity index (χ1n) is 5.77. The molecule has 0 saturated heterocycles. The van der Waals surface area contributed by atoms with Crippen molar-refractivity contribution >= 4 is 0 Å². The molecule has 1 nitrogen and oxygen atoms in total. The summed E-state index contributed by atoms with van der Waals surface area (Å²) in [5.41, 5.74) is 0.954. The van der Waals surface area contributed by atoms with Crippen molar-refractivity contribution < 1.29 is 0 Å². The van der Waals surface area contributed by atoms with Gasteiger partial charge < -0.3 is 5.32 Å². The van der Waals surface area contributed by atoms with E-state index in [1.165, 1.54) is 25.7 Å². The van der Waals surface area contributed by atoms with Crippen LogP contribution in [0.3, 0.4) is 0 Å². The Kier molecular flexibility index (Phi) is 1.99. The molecule has 0 unspecified atom stereocenters. The molecule has 0 aromatic heterocycles. The van der Waals surface area contributed by atoms with Crippen LogP contribution in [0.25, 0.3) is 0 Å². The van der Waals surface area contributed by atoms with Crippen LogP contribution in [0.1, 0.15) is 46.5 Å². The van der Waals surface area contributed by atoms with Crippen molar-refractivity contribution in [1.29, 1.82) is 0 Å². The van der Waals surface area contributed by atoms with E-state index in [2.05, 4.69) is 33.1 Å². The minimum atomic E-state index is 0.407. The number of nitrogens with one attached hydrogen (secondary N) is 1. The Labute approximate surface area is 82.3 Å². The summed E-state index contributed by atoms with van der Waals surface area (Å²) in [5.74, 6) is 1.92. The second kappa shape index (κ2) is 2.73. The highest BCUT2D eigenvalue weighted by molar-refractivity contribution is 5.14. The predicted octanol–water partition coefficient (Wildman–Crippen LogP) is 2.81. The molecule has 76 valence electrons. The zero-order valence-electron chi connectivity index (χ0n) is 9.48. The molecule has 0 heterocycles. The third kappa shape index (κ3) is 0.918. The summed E-state index contributed by atoms with van der Waals surface area (Å²) in [6.07, 6.45) is 5.73. The van der Waals surface area contributed by atoms with Gasteiger partial charge in [-0.15, -0.1) is 0 Å². The van der Waals surface area contributed by atoms with E-state index >= 15 is 0 Å². The standard InChI is InChI=1S/C12H23N/c1-5-11(2)9-6-7-10(8-9)12(11,3)13-4/h9-10,13H,5-8H2,1-4H3/t9-,10+,11+,12-/m1/s1. The Morgan fingerprint density at radius 2 is 1.85 bits per heavy atom. The van der Waals surface area contributed by atoms with Gasteiger partial charge in [-0.1, -0.05) is 13.8 Å². The van der Waals surface area contributed by atoms with E-state index in [4.69, 9.17) is 0 Å². The summed E-state index contributed by atoms with van der Waals surface area (Å²) in [6, 6.07) is 0. The van der Waals surface area contributed by atoms with Crippen LogP contribution in [0, 0.1) is 17.3 Å². The van der Waals surface area contributed by atoms with E-state index in [0.717, 1.165) is 11.8 Å². The van der Waals surface area contributed by atoms with E-state index in [0.29, 0.717) is 11.0 Å². The first-order valence-corrected chi connectivity index (χ1v) is 5.77. The zero-order valence-corrected chi connectivity index (χ0v) is 9.48. The summed E-state index contributed by atoms with van der Waals surface area (Å²) >= 11 is 0. The quantitative estimate of drug-likeness (QED) is 0.690. The molecule has 1 heteroatoms. The first kappa shape index (κ1) is 9.51. The SMILES string of the molecule is CC[C@@]1(C)[C@@H]2CC[C@@H](C2)[C@@]1(C)NC. The largest absolute Gasteiger partial charge is 0.314 e. The first-order chi connectivity index (χ1) is 6.08. The minimum absolute atomic E-state index is 0.407. The van der Waals surface area contributed by atoms with Crippen molar-refractivity contribution in [3.8, 4) is 0 Å². The van der Waals surface area contributed by atoms with Gasteiger partial charge in [0.1, 0.15) is 0 Å². The molecule has 4 atom stereocenters. The van der Waals surface area contributed by atoms with Gasteiger partial charge in [-0.3, -0.25) is 0 Å². The van der Waals surface area contributed by atoms with E-state index in [1.54, 1.807) is 0 Å². The van der Waals surface area contributed by atoms with Gasteiger partial charge in [0.15, 0.2) is 0 Å². The van der Waals surface area contributed by atoms with Gasteiger partial charge in [0, 0.05) is 5.54 Å². The average molecular weight is 181 g/mol. The number of fused-ring (bicyclic) bond motifs is 2. The highest BCUT2D eigenvalue weighted by Gasteiger charge is 2.60. The molecule has 0 radical (unpaired) electrons. The van der Waals surface area contributed by atoms with Crippen LogP contribution < -0.4 is 5.32 Å². The summed E-state index contributed by atoms with van der Waals surface area (Å²) < 4.78 is 0. The zero-order chi connectivity index (χ0) is 9.69. The lowest BCUT2D eigenvalue weighted by molar-refractivity contribution is 0.0505. The maximum atomic E-state index is 3.61. The van der Waals surface area contributed by atoms with Gasteiger partial charge >= 0.3 is 0 Å². The molecule has 2 aliphatic carbocycles. The normalized spacial score (nSPS) is 54.5. The topological polar surface area (TPSA) is 12.0 Å². The summed E-state index contributed by atoms with van der Waals surface area (Å²) in [4.78, 5) is 0. The van der Waals surface area contributed by atoms with E-state index < -0.39 is 0 Å². The van der Waals surface area contributed by atoms with Crippen molar-refractivity contribution in [3.05, 3.63) is 0 Å². The fraction of sp³-hybridized carbons (Fsp3) is 1.00. The van der Waals surface area contributed by atoms with Gasteiger partial charge in [0.2, 0.25) is 0 Å². The summed E-state index contributed by atoms with van der Waals surface area (Å²) in [5, 5.41) is 3.61. The third-order valence-electron chi connectivity index (χ3n) is 5.59. The fourth-order valence-corrected chi connectivity index (χ4v) is 4.12. The monoisotopic (exact) mass is 181 g/mol. The Balaban J connectivity index is 2.35. The van der Waals surface area contributed by atoms with E-state index in [1.807, 2.05) is 0 Å². The van der Waals surface area contributed by atoms with Crippen LogP contribution in [0.2, 0.25) is 0 Å². The average Bonchev–Trinajstić information content (AvgIpc) is 2.70. The minimum Gasteiger partial charge on any atom is -0.314 e. The fourth-order valence-electron chi connectivity index (χ4n) is 4.12. The van der Waals surface area contributed by atoms with Gasteiger partial charge in [0.05, 0.1) is 0 Å². The Hall–Kier alpha value is -0.0400. The summed E-state index contributed by atoms with van der Waals surface area (Å²) in [7, 11) is 2.15. The van der Waals surface area contributed by atoms with Gasteiger partial charge in [-0.2, -0.15) is 0 Å². The lowest BCUT2D eigenvalue weighted by Crippen LogP contribution is -2.57. The van der Waals surface area contributed by atoms with Crippen molar-refractivity contribution in [2.24, 2.45) is 17.3 Å². The highest BCUT2D eigenvalue weighted by Crippen LogP contribution is 2.62. The van der Waals surface area contributed by atoms with Gasteiger partial charge in [-0.05, 0) is 56.9 Å². The molecule has 2 aliphatic rings. The van der Waals surface area contributed by atoms with E-state index in [-0.39, 0.29) is 0 Å². The lowest BCUT2D eigenvalue weighted by atomic mass is 9.61. The van der Waals surface area contributed by atoms with Crippen molar-refractivity contribution in [2.75, 3.05) is 7.05 Å². The van der Waals surface area contributed by atoms with Gasteiger partial charge in [-0.25, -0.2) is 0 Å². The molecule has 0 amide bonds. The van der Waals surface area contributed by atoms with Crippen LogP contribution in [-0.4, -0.2) is 12.6 Å². The van der Waals surface area contributed by atoms with E-state index in [9.17, 15) is 0 Å². The molecule has 13 heavy (non-hydrogen) atoms. The number of hydrogen-bond donors (Lipinski definition) is 1. The van der Waals surface area contributed by atoms with Gasteiger partial charge in [0.25, 0.3) is 0 Å². The Morgan fingerprint density at radius 1 is 1.23 bits per heavy atom. The number of hydrogen-bond acceptors (Lipinski definition) is 1. The summed E-state index contributed by atoms with van der Waals surface area (Å²) in [6.45, 7) is 7.30. The molecule has 0 aromatic rings. The van der Waals surface area contributed by atoms with Crippen molar-refractivity contribution in [2.45, 2.75) is 52.0 Å². The third-order valence-corrected chi connectivity index (χ3v) is 5.59. The Bertz CT molecular complexity index is 191. The molecule has 0 aromatic carbocycles. The van der Waals surface area contributed by atoms with Crippen LogP contribution in [0.4, 0.5) is 0 Å². The van der Waals surface area contributed by atoms with Crippen molar-refractivity contribution in [3.63, 3.8) is 0 Å². The molecular weight excluding hydrogens is 158 g/mol. The lowest BCUT2D eigenvalue weighted by Gasteiger charge is -2.49. The molecule has 2 fully saturated rings. The second-order valence-corrected chi connectivity index (χ2v) is 5.43. The van der Waals surface area contributed by atoms with Crippen LogP contribution in [0.15, 0.2) is 0 Å². The van der Waals surface area contributed by atoms with Crippen LogP contribution >= 0.6 is 0 Å². The molecular formula is C12H23N. The second-order valence-electron chi connectivity index (χ2n) is 5.43. The van der Waals surface area contributed by atoms with Crippen molar-refractivity contribution in [1.82, 2.24) is 5.32 Å². The molecule has 0 aliphatic heterocycles. The molecule has 0 spiro atoms. The molecule has 1 N–H and O–H groups in total. The Morgan fingerprint density at radius 3 is 2.31 bits per heavy atom. The highest BCUT2D eigenvalue weighted by atomic mass is 15.0. The smallest absolute Gasteiger partial charge is 0.0234 e. The predicted molar refractivity (Wildman–Crippen MR) is 56.7 cm³/mol. The molecule has 2 saturated carbocycles. The van der Waals surface area contributed by atoms with Crippen LogP contribution in [0.5, 0.6) is 0 Å². The maximum absolute atomic E-state index is 3.61.